The maximum Gasteiger partial charge on any atom is 0.270 e. The van der Waals surface area contributed by atoms with Crippen LogP contribution in [0.2, 0.25) is 0 Å². The number of aromatic nitrogens is 5. The topological polar surface area (TPSA) is 107 Å². The summed E-state index contributed by atoms with van der Waals surface area (Å²) in [6.07, 6.45) is 8.97. The highest BCUT2D eigenvalue weighted by molar-refractivity contribution is 6.00. The van der Waals surface area contributed by atoms with Crippen LogP contribution in [0, 0.1) is 18.8 Å². The minimum absolute atomic E-state index is 0.0428. The van der Waals surface area contributed by atoms with Crippen LogP contribution in [-0.2, 0) is 11.8 Å². The molecule has 1 fully saturated rings. The van der Waals surface area contributed by atoms with Crippen LogP contribution in [0.5, 0.6) is 0 Å². The number of carbonyl (C=O) groups excluding carboxylic acids is 2. The number of nitrogens with one attached hydrogen (secondary N) is 2. The molecule has 0 bridgehead atoms. The van der Waals surface area contributed by atoms with E-state index >= 15 is 0 Å². The highest BCUT2D eigenvalue weighted by Crippen LogP contribution is 2.31. The van der Waals surface area contributed by atoms with E-state index in [4.69, 9.17) is 0 Å². The fraction of sp³-hybridized carbons (Fsp3) is 0.500. The zero-order chi connectivity index (χ0) is 25.1. The van der Waals surface area contributed by atoms with E-state index in [2.05, 4.69) is 32.7 Å². The summed E-state index contributed by atoms with van der Waals surface area (Å²) in [6, 6.07) is 4.81. The van der Waals surface area contributed by atoms with E-state index in [1.807, 2.05) is 40.0 Å². The van der Waals surface area contributed by atoms with E-state index in [1.165, 1.54) is 0 Å². The Morgan fingerprint density at radius 3 is 2.40 bits per heavy atom. The van der Waals surface area contributed by atoms with Gasteiger partial charge in [-0.2, -0.15) is 10.2 Å². The van der Waals surface area contributed by atoms with Crippen molar-refractivity contribution in [3.63, 3.8) is 0 Å². The second-order valence-electron chi connectivity index (χ2n) is 9.95. The molecule has 2 amide bonds. The van der Waals surface area contributed by atoms with E-state index in [9.17, 15) is 9.59 Å². The minimum atomic E-state index is -0.635. The smallest absolute Gasteiger partial charge is 0.270 e. The molecule has 0 radical (unpaired) electrons. The normalized spacial score (nSPS) is 18.9. The van der Waals surface area contributed by atoms with Crippen molar-refractivity contribution in [3.05, 3.63) is 48.0 Å². The van der Waals surface area contributed by atoms with Gasteiger partial charge < -0.3 is 10.6 Å². The first kappa shape index (κ1) is 24.6. The van der Waals surface area contributed by atoms with Gasteiger partial charge in [0.15, 0.2) is 0 Å². The summed E-state index contributed by atoms with van der Waals surface area (Å²) in [4.78, 5) is 31.2. The molecule has 3 heterocycles. The largest absolute Gasteiger partial charge is 0.339 e. The number of aryl methyl sites for hydroxylation is 2. The predicted octanol–water partition coefficient (Wildman–Crippen LogP) is 4.13. The van der Waals surface area contributed by atoms with Crippen LogP contribution in [0.15, 0.2) is 36.8 Å². The zero-order valence-electron chi connectivity index (χ0n) is 21.2. The SMILES string of the molecule is Cc1cnn(C)c1-c1ccc(NC(=O)[C@@H](NC(=O)c2ccnn2C(C)C)C2CCC(C)CC2)cn1. The fourth-order valence-corrected chi connectivity index (χ4v) is 4.88. The lowest BCUT2D eigenvalue weighted by Gasteiger charge is -2.32. The molecule has 0 aliphatic heterocycles. The first-order valence-corrected chi connectivity index (χ1v) is 12.3. The summed E-state index contributed by atoms with van der Waals surface area (Å²) in [5.74, 6) is 0.213. The van der Waals surface area contributed by atoms with Crippen molar-refractivity contribution in [2.24, 2.45) is 18.9 Å². The Balaban J connectivity index is 1.52. The zero-order valence-corrected chi connectivity index (χ0v) is 21.2. The molecule has 186 valence electrons. The van der Waals surface area contributed by atoms with Gasteiger partial charge in [0.25, 0.3) is 5.91 Å². The molecule has 0 unspecified atom stereocenters. The third-order valence-corrected chi connectivity index (χ3v) is 6.89. The lowest BCUT2D eigenvalue weighted by Crippen LogP contribution is -2.49. The molecule has 4 rings (SSSR count). The fourth-order valence-electron chi connectivity index (χ4n) is 4.88. The summed E-state index contributed by atoms with van der Waals surface area (Å²) < 4.78 is 3.46. The summed E-state index contributed by atoms with van der Waals surface area (Å²) in [7, 11) is 1.88. The number of carbonyl (C=O) groups is 2. The van der Waals surface area contributed by atoms with Crippen molar-refractivity contribution < 1.29 is 9.59 Å². The van der Waals surface area contributed by atoms with E-state index in [-0.39, 0.29) is 23.8 Å². The number of anilines is 1. The Morgan fingerprint density at radius 1 is 1.06 bits per heavy atom. The van der Waals surface area contributed by atoms with Crippen molar-refractivity contribution in [2.75, 3.05) is 5.32 Å². The number of hydrogen-bond acceptors (Lipinski definition) is 5. The van der Waals surface area contributed by atoms with Crippen molar-refractivity contribution in [3.8, 4) is 11.4 Å². The number of rotatable bonds is 7. The molecule has 3 aromatic rings. The van der Waals surface area contributed by atoms with Crippen molar-refractivity contribution >= 4 is 17.5 Å². The van der Waals surface area contributed by atoms with E-state index < -0.39 is 6.04 Å². The Labute approximate surface area is 206 Å². The maximum atomic E-state index is 13.4. The Bertz CT molecular complexity index is 1150. The number of pyridine rings is 1. The number of nitrogens with zero attached hydrogens (tertiary/aromatic N) is 5. The maximum absolute atomic E-state index is 13.4. The van der Waals surface area contributed by atoms with Crippen LogP contribution in [0.1, 0.15) is 68.5 Å². The molecule has 2 N–H and O–H groups in total. The Kier molecular flexibility index (Phi) is 7.33. The molecule has 0 saturated heterocycles. The van der Waals surface area contributed by atoms with Gasteiger partial charge in [0, 0.05) is 19.3 Å². The molecule has 0 spiro atoms. The van der Waals surface area contributed by atoms with Gasteiger partial charge in [0.05, 0.1) is 29.5 Å². The number of amides is 2. The van der Waals surface area contributed by atoms with Crippen LogP contribution in [0.25, 0.3) is 11.4 Å². The quantitative estimate of drug-likeness (QED) is 0.532. The monoisotopic (exact) mass is 477 g/mol. The van der Waals surface area contributed by atoms with Gasteiger partial charge in [0.2, 0.25) is 5.91 Å². The lowest BCUT2D eigenvalue weighted by atomic mass is 9.79. The molecule has 35 heavy (non-hydrogen) atoms. The van der Waals surface area contributed by atoms with Gasteiger partial charge in [-0.25, -0.2) is 0 Å². The van der Waals surface area contributed by atoms with Gasteiger partial charge in [-0.05, 0) is 69.2 Å². The van der Waals surface area contributed by atoms with Crippen molar-refractivity contribution in [2.45, 2.75) is 65.5 Å². The average Bonchev–Trinajstić information content (AvgIpc) is 3.45. The van der Waals surface area contributed by atoms with Gasteiger partial charge in [-0.15, -0.1) is 0 Å². The van der Waals surface area contributed by atoms with Crippen LogP contribution in [0.3, 0.4) is 0 Å². The Hall–Kier alpha value is -3.49. The Morgan fingerprint density at radius 2 is 1.80 bits per heavy atom. The predicted molar refractivity (Wildman–Crippen MR) is 135 cm³/mol. The van der Waals surface area contributed by atoms with E-state index in [0.717, 1.165) is 42.6 Å². The molecule has 3 aromatic heterocycles. The molecule has 1 aliphatic carbocycles. The average molecular weight is 478 g/mol. The standard InChI is InChI=1S/C26H35N7O2/c1-16(2)33-22(12-13-28-33)25(34)31-23(19-8-6-17(3)7-9-19)26(35)30-20-10-11-21(27-15-20)24-18(4)14-29-32(24)5/h10-17,19,23H,6-9H2,1-5H3,(H,30,35)(H,31,34)/t17?,19?,23-/m0/s1. The molecular formula is C26H35N7O2. The second-order valence-corrected chi connectivity index (χ2v) is 9.95. The van der Waals surface area contributed by atoms with Crippen LogP contribution in [0.4, 0.5) is 5.69 Å². The van der Waals surface area contributed by atoms with E-state index in [0.29, 0.717) is 17.3 Å². The number of hydrogen-bond donors (Lipinski definition) is 2. The van der Waals surface area contributed by atoms with Crippen LogP contribution >= 0.6 is 0 Å². The molecule has 1 aliphatic rings. The van der Waals surface area contributed by atoms with Crippen LogP contribution in [-0.4, -0.2) is 42.4 Å². The molecular weight excluding hydrogens is 442 g/mol. The molecule has 0 aromatic carbocycles. The van der Waals surface area contributed by atoms with Gasteiger partial charge in [0.1, 0.15) is 11.7 Å². The third-order valence-electron chi connectivity index (χ3n) is 6.89. The van der Waals surface area contributed by atoms with E-state index in [1.54, 1.807) is 34.0 Å². The first-order chi connectivity index (χ1) is 16.7. The third kappa shape index (κ3) is 5.44. The summed E-state index contributed by atoms with van der Waals surface area (Å²) in [6.45, 7) is 8.17. The summed E-state index contributed by atoms with van der Waals surface area (Å²) in [5.41, 5.74) is 3.81. The summed E-state index contributed by atoms with van der Waals surface area (Å²) in [5, 5.41) is 14.5. The second kappa shape index (κ2) is 10.4. The lowest BCUT2D eigenvalue weighted by molar-refractivity contribution is -0.119. The first-order valence-electron chi connectivity index (χ1n) is 12.3. The van der Waals surface area contributed by atoms with Crippen molar-refractivity contribution in [1.82, 2.24) is 29.9 Å². The molecule has 1 saturated carbocycles. The molecule has 9 nitrogen and oxygen atoms in total. The summed E-state index contributed by atoms with van der Waals surface area (Å²) >= 11 is 0. The highest BCUT2D eigenvalue weighted by atomic mass is 16.2. The molecule has 9 heteroatoms. The highest BCUT2D eigenvalue weighted by Gasteiger charge is 2.33. The van der Waals surface area contributed by atoms with Crippen LogP contribution < -0.4 is 10.6 Å². The van der Waals surface area contributed by atoms with Gasteiger partial charge in [-0.1, -0.05) is 19.8 Å². The minimum Gasteiger partial charge on any atom is -0.339 e. The molecule has 1 atom stereocenters. The van der Waals surface area contributed by atoms with Gasteiger partial charge in [-0.3, -0.25) is 23.9 Å². The van der Waals surface area contributed by atoms with Gasteiger partial charge >= 0.3 is 0 Å². The van der Waals surface area contributed by atoms with Crippen molar-refractivity contribution in [1.29, 1.82) is 0 Å².